The van der Waals surface area contributed by atoms with Crippen molar-refractivity contribution in [2.45, 2.75) is 25.7 Å². The van der Waals surface area contributed by atoms with Gasteiger partial charge in [-0.15, -0.1) is 0 Å². The molecule has 1 aromatic heterocycles. The zero-order valence-corrected chi connectivity index (χ0v) is 19.8. The van der Waals surface area contributed by atoms with Crippen molar-refractivity contribution in [3.63, 3.8) is 0 Å². The number of fused-ring (bicyclic) bond motifs is 1. The van der Waals surface area contributed by atoms with Gasteiger partial charge in [0.05, 0.1) is 12.8 Å². The second-order valence-corrected chi connectivity index (χ2v) is 8.60. The number of rotatable bonds is 6. The van der Waals surface area contributed by atoms with Crippen molar-refractivity contribution in [2.24, 2.45) is 0 Å². The molecule has 0 aliphatic carbocycles. The lowest BCUT2D eigenvalue weighted by atomic mass is 10.0. The molecule has 0 atom stereocenters. The molecule has 2 aliphatic heterocycles. The van der Waals surface area contributed by atoms with E-state index in [1.807, 2.05) is 24.3 Å². The summed E-state index contributed by atoms with van der Waals surface area (Å²) in [5, 5.41) is 6.53. The number of amides is 4. The maximum atomic E-state index is 13.7. The number of anilines is 2. The van der Waals surface area contributed by atoms with Crippen molar-refractivity contribution in [3.8, 4) is 11.4 Å². The van der Waals surface area contributed by atoms with Crippen LogP contribution in [0.5, 0.6) is 5.75 Å². The highest BCUT2D eigenvalue weighted by Crippen LogP contribution is 2.31. The summed E-state index contributed by atoms with van der Waals surface area (Å²) in [6.07, 6.45) is 3.10. The lowest BCUT2D eigenvalue weighted by Gasteiger charge is -2.29. The third kappa shape index (κ3) is 4.10. The monoisotopic (exact) mass is 487 g/mol. The lowest BCUT2D eigenvalue weighted by Crippen LogP contribution is -2.39. The summed E-state index contributed by atoms with van der Waals surface area (Å²) in [6.45, 7) is 1.03. The molecule has 0 saturated carbocycles. The van der Waals surface area contributed by atoms with Gasteiger partial charge in [-0.25, -0.2) is 4.68 Å². The van der Waals surface area contributed by atoms with Crippen LogP contribution >= 0.6 is 0 Å². The molecule has 10 heteroatoms. The van der Waals surface area contributed by atoms with Gasteiger partial charge in [0.15, 0.2) is 5.69 Å². The number of imide groups is 1. The highest BCUT2D eigenvalue weighted by Gasteiger charge is 2.35. The average Bonchev–Trinajstić information content (AvgIpc) is 3.30. The predicted octanol–water partition coefficient (Wildman–Crippen LogP) is 2.49. The van der Waals surface area contributed by atoms with E-state index in [1.54, 1.807) is 41.2 Å². The normalized spacial score (nSPS) is 15.5. The molecular weight excluding hydrogens is 462 g/mol. The molecule has 10 nitrogen and oxygen atoms in total. The third-order valence-corrected chi connectivity index (χ3v) is 6.54. The molecular formula is C26H25N5O5. The Bertz CT molecular complexity index is 1330. The molecule has 1 fully saturated rings. The van der Waals surface area contributed by atoms with E-state index in [4.69, 9.17) is 4.74 Å². The van der Waals surface area contributed by atoms with E-state index in [-0.39, 0.29) is 23.2 Å². The Hall–Kier alpha value is -4.47. The first kappa shape index (κ1) is 23.3. The van der Waals surface area contributed by atoms with Crippen LogP contribution < -0.4 is 19.9 Å². The van der Waals surface area contributed by atoms with E-state index in [1.165, 1.54) is 4.68 Å². The summed E-state index contributed by atoms with van der Waals surface area (Å²) >= 11 is 0. The van der Waals surface area contributed by atoms with Crippen molar-refractivity contribution in [1.82, 2.24) is 15.1 Å². The predicted molar refractivity (Wildman–Crippen MR) is 132 cm³/mol. The number of methoxy groups -OCH3 is 1. The van der Waals surface area contributed by atoms with Gasteiger partial charge in [-0.2, -0.15) is 5.10 Å². The second-order valence-electron chi connectivity index (χ2n) is 8.60. The highest BCUT2D eigenvalue weighted by molar-refractivity contribution is 6.10. The maximum absolute atomic E-state index is 13.7. The van der Waals surface area contributed by atoms with Gasteiger partial charge in [0, 0.05) is 36.4 Å². The molecule has 0 unspecified atom stereocenters. The number of aromatic nitrogens is 2. The van der Waals surface area contributed by atoms with Gasteiger partial charge in [0.1, 0.15) is 11.4 Å². The second kappa shape index (κ2) is 9.65. The zero-order valence-electron chi connectivity index (χ0n) is 19.8. The van der Waals surface area contributed by atoms with Crippen molar-refractivity contribution < 1.29 is 23.9 Å². The van der Waals surface area contributed by atoms with Crippen LogP contribution in [-0.4, -0.2) is 54.1 Å². The van der Waals surface area contributed by atoms with E-state index in [0.29, 0.717) is 55.0 Å². The number of nitrogens with one attached hydrogen (secondary N) is 1. The fraction of sp³-hybridized carbons (Fsp3) is 0.269. The maximum Gasteiger partial charge on any atom is 0.278 e. The van der Waals surface area contributed by atoms with Crippen molar-refractivity contribution in [1.29, 1.82) is 0 Å². The third-order valence-electron chi connectivity index (χ3n) is 6.54. The quantitative estimate of drug-likeness (QED) is 0.535. The van der Waals surface area contributed by atoms with Gasteiger partial charge in [-0.05, 0) is 67.8 Å². The molecule has 0 bridgehead atoms. The number of hydrogen-bond acceptors (Lipinski definition) is 6. The average molecular weight is 488 g/mol. The number of benzene rings is 2. The first-order valence-electron chi connectivity index (χ1n) is 11.7. The molecule has 184 valence electrons. The molecule has 2 aromatic carbocycles. The minimum atomic E-state index is -0.662. The van der Waals surface area contributed by atoms with Gasteiger partial charge >= 0.3 is 0 Å². The molecule has 2 aliphatic rings. The van der Waals surface area contributed by atoms with Crippen molar-refractivity contribution >= 4 is 35.5 Å². The number of nitrogens with zero attached hydrogens (tertiary/aromatic N) is 4. The van der Waals surface area contributed by atoms with Crippen LogP contribution in [0.25, 0.3) is 5.69 Å². The molecule has 1 N–H and O–H groups in total. The number of ether oxygens (including phenoxy) is 1. The molecule has 3 aromatic rings. The summed E-state index contributed by atoms with van der Waals surface area (Å²) in [7, 11) is 1.56. The smallest absolute Gasteiger partial charge is 0.278 e. The Morgan fingerprint density at radius 2 is 1.58 bits per heavy atom. The summed E-state index contributed by atoms with van der Waals surface area (Å²) in [5.74, 6) is -0.229. The summed E-state index contributed by atoms with van der Waals surface area (Å²) in [6, 6.07) is 14.3. The van der Waals surface area contributed by atoms with Crippen molar-refractivity contribution in [2.75, 3.05) is 30.0 Å². The molecule has 36 heavy (non-hydrogen) atoms. The largest absolute Gasteiger partial charge is 0.497 e. The van der Waals surface area contributed by atoms with Gasteiger partial charge < -0.3 is 14.5 Å². The SMILES string of the molecule is COc1ccc(-n2nc(C(=O)NC=O)c3c2C(=O)N(c2ccc(N4CCCCC4=O)cc2)CC3)cc1. The van der Waals surface area contributed by atoms with E-state index in [9.17, 15) is 19.2 Å². The van der Waals surface area contributed by atoms with Gasteiger partial charge in [0.2, 0.25) is 12.3 Å². The Labute approximate surface area is 207 Å². The minimum absolute atomic E-state index is 0.0416. The van der Waals surface area contributed by atoms with Crippen LogP contribution in [0, 0.1) is 0 Å². The Morgan fingerprint density at radius 3 is 2.22 bits per heavy atom. The molecule has 0 spiro atoms. The Balaban J connectivity index is 1.50. The lowest BCUT2D eigenvalue weighted by molar-refractivity contribution is -0.119. The van der Waals surface area contributed by atoms with Crippen LogP contribution in [-0.2, 0) is 16.0 Å². The van der Waals surface area contributed by atoms with Crippen LogP contribution in [0.1, 0.15) is 45.8 Å². The number of piperidine rings is 1. The zero-order chi connectivity index (χ0) is 25.2. The number of carbonyl (C=O) groups is 4. The first-order valence-corrected chi connectivity index (χ1v) is 11.7. The molecule has 3 heterocycles. The Morgan fingerprint density at radius 1 is 0.917 bits per heavy atom. The number of hydrogen-bond donors (Lipinski definition) is 1. The number of carbonyl (C=O) groups excluding carboxylic acids is 4. The van der Waals surface area contributed by atoms with E-state index >= 15 is 0 Å². The Kier molecular flexibility index (Phi) is 6.24. The minimum Gasteiger partial charge on any atom is -0.497 e. The van der Waals surface area contributed by atoms with Crippen LogP contribution in [0.15, 0.2) is 48.5 Å². The van der Waals surface area contributed by atoms with Crippen LogP contribution in [0.2, 0.25) is 0 Å². The fourth-order valence-electron chi connectivity index (χ4n) is 4.71. The molecule has 5 rings (SSSR count). The van der Waals surface area contributed by atoms with Crippen LogP contribution in [0.4, 0.5) is 11.4 Å². The van der Waals surface area contributed by atoms with Gasteiger partial charge in [-0.1, -0.05) is 0 Å². The summed E-state index contributed by atoms with van der Waals surface area (Å²) in [5.41, 5.74) is 2.86. The van der Waals surface area contributed by atoms with E-state index in [0.717, 1.165) is 18.5 Å². The molecule has 4 amide bonds. The molecule has 1 saturated heterocycles. The van der Waals surface area contributed by atoms with Gasteiger partial charge in [0.25, 0.3) is 11.8 Å². The van der Waals surface area contributed by atoms with Crippen LogP contribution in [0.3, 0.4) is 0 Å². The summed E-state index contributed by atoms with van der Waals surface area (Å²) < 4.78 is 6.65. The summed E-state index contributed by atoms with van der Waals surface area (Å²) in [4.78, 5) is 52.9. The van der Waals surface area contributed by atoms with Crippen molar-refractivity contribution in [3.05, 3.63) is 65.5 Å². The molecule has 0 radical (unpaired) electrons. The van der Waals surface area contributed by atoms with Gasteiger partial charge in [-0.3, -0.25) is 24.5 Å². The topological polar surface area (TPSA) is 114 Å². The van der Waals surface area contributed by atoms with E-state index in [2.05, 4.69) is 10.4 Å². The first-order chi connectivity index (χ1) is 17.5. The van der Waals surface area contributed by atoms with E-state index < -0.39 is 5.91 Å². The standard InChI is InChI=1S/C26H25N5O5/c1-36-20-11-9-19(10-12-20)31-24-21(23(28-31)25(34)27-16-32)13-15-30(26(24)35)18-7-5-17(6-8-18)29-14-3-2-4-22(29)33/h5-12,16H,2-4,13-15H2,1H3,(H,27,32,34). The highest BCUT2D eigenvalue weighted by atomic mass is 16.5. The fourth-order valence-corrected chi connectivity index (χ4v) is 4.71.